The van der Waals surface area contributed by atoms with Gasteiger partial charge in [0.05, 0.1) is 0 Å². The quantitative estimate of drug-likeness (QED) is 0.855. The van der Waals surface area contributed by atoms with Gasteiger partial charge in [0.2, 0.25) is 0 Å². The molecule has 0 aliphatic heterocycles. The van der Waals surface area contributed by atoms with Gasteiger partial charge in [-0.3, -0.25) is 4.40 Å². The van der Waals surface area contributed by atoms with Crippen LogP contribution >= 0.6 is 11.3 Å². The first-order chi connectivity index (χ1) is 9.36. The highest BCUT2D eigenvalue weighted by atomic mass is 32.2. The van der Waals surface area contributed by atoms with Gasteiger partial charge in [-0.1, -0.05) is 20.8 Å². The van der Waals surface area contributed by atoms with Crippen molar-refractivity contribution in [2.24, 2.45) is 11.8 Å². The molecule has 1 atom stereocenters. The van der Waals surface area contributed by atoms with Gasteiger partial charge in [-0.2, -0.15) is 0 Å². The van der Waals surface area contributed by atoms with Crippen LogP contribution in [0.2, 0.25) is 0 Å². The minimum absolute atomic E-state index is 0.173. The van der Waals surface area contributed by atoms with Gasteiger partial charge in [-0.25, -0.2) is 18.1 Å². The summed E-state index contributed by atoms with van der Waals surface area (Å²) in [4.78, 5) is 4.93. The van der Waals surface area contributed by atoms with Crippen LogP contribution in [0.5, 0.6) is 0 Å². The lowest BCUT2D eigenvalue weighted by atomic mass is 9.99. The molecule has 112 valence electrons. The lowest BCUT2D eigenvalue weighted by molar-refractivity contribution is 0.414. The van der Waals surface area contributed by atoms with Gasteiger partial charge in [0.1, 0.15) is 0 Å². The Labute approximate surface area is 123 Å². The predicted molar refractivity (Wildman–Crippen MR) is 81.8 cm³/mol. The number of hydrogen-bond donors (Lipinski definition) is 2. The monoisotopic (exact) mass is 316 g/mol. The molecular weight excluding hydrogens is 296 g/mol. The maximum Gasteiger partial charge on any atom is 0.260 e. The lowest BCUT2D eigenvalue weighted by Gasteiger charge is -2.16. The molecule has 2 rings (SSSR count). The number of rotatable bonds is 6. The summed E-state index contributed by atoms with van der Waals surface area (Å²) in [6.45, 7) is 6.60. The Bertz CT molecular complexity index is 687. The molecule has 2 N–H and O–H groups in total. The van der Waals surface area contributed by atoms with Crippen LogP contribution in [0.4, 0.5) is 5.82 Å². The zero-order chi connectivity index (χ0) is 14.9. The van der Waals surface area contributed by atoms with Crippen LogP contribution < -0.4 is 10.0 Å². The minimum Gasteiger partial charge on any atom is -0.371 e. The van der Waals surface area contributed by atoms with E-state index in [0.29, 0.717) is 23.2 Å². The normalized spacial score (nSPS) is 14.1. The van der Waals surface area contributed by atoms with E-state index in [2.05, 4.69) is 28.9 Å². The fourth-order valence-electron chi connectivity index (χ4n) is 1.73. The molecule has 2 heterocycles. The largest absolute Gasteiger partial charge is 0.371 e. The molecule has 1 unspecified atom stereocenters. The second-order valence-electron chi connectivity index (χ2n) is 5.14. The molecule has 2 aromatic rings. The second-order valence-corrected chi connectivity index (χ2v) is 7.70. The lowest BCUT2D eigenvalue weighted by Crippen LogP contribution is -2.31. The maximum atomic E-state index is 12.5. The fraction of sp³-hybridized carbons (Fsp3) is 0.583. The summed E-state index contributed by atoms with van der Waals surface area (Å²) in [7, 11) is -1.92. The number of nitrogens with one attached hydrogen (secondary N) is 2. The van der Waals surface area contributed by atoms with E-state index >= 15 is 0 Å². The Morgan fingerprint density at radius 3 is 2.70 bits per heavy atom. The highest BCUT2D eigenvalue weighted by Gasteiger charge is 2.26. The maximum absolute atomic E-state index is 12.5. The highest BCUT2D eigenvalue weighted by Crippen LogP contribution is 2.25. The summed E-state index contributed by atoms with van der Waals surface area (Å²) >= 11 is 1.40. The van der Waals surface area contributed by atoms with E-state index in [1.165, 1.54) is 11.3 Å². The minimum atomic E-state index is -3.59. The number of nitrogens with zero attached hydrogens (tertiary/aromatic N) is 2. The molecule has 0 saturated heterocycles. The standard InChI is InChI=1S/C12H20N4O2S2/c1-8(2)9(3)7-14-20(17,18)11-10(13-4)15-12-16(11)5-6-19-12/h5-6,8-9,13-14H,7H2,1-4H3. The van der Waals surface area contributed by atoms with Crippen LogP contribution in [0.1, 0.15) is 20.8 Å². The second kappa shape index (κ2) is 5.71. The van der Waals surface area contributed by atoms with E-state index in [9.17, 15) is 8.42 Å². The molecule has 0 aliphatic rings. The average Bonchev–Trinajstić information content (AvgIpc) is 2.94. The average molecular weight is 316 g/mol. The smallest absolute Gasteiger partial charge is 0.260 e. The van der Waals surface area contributed by atoms with Crippen LogP contribution in [0.15, 0.2) is 16.6 Å². The number of fused-ring (bicyclic) bond motifs is 1. The van der Waals surface area contributed by atoms with Gasteiger partial charge in [0.25, 0.3) is 10.0 Å². The van der Waals surface area contributed by atoms with Gasteiger partial charge in [-0.15, -0.1) is 11.3 Å². The number of aromatic nitrogens is 2. The van der Waals surface area contributed by atoms with Crippen molar-refractivity contribution in [3.05, 3.63) is 11.6 Å². The summed E-state index contributed by atoms with van der Waals surface area (Å²) in [6.07, 6.45) is 1.72. The Balaban J connectivity index is 2.33. The van der Waals surface area contributed by atoms with Gasteiger partial charge in [0, 0.05) is 25.2 Å². The highest BCUT2D eigenvalue weighted by molar-refractivity contribution is 7.89. The van der Waals surface area contributed by atoms with Gasteiger partial charge >= 0.3 is 0 Å². The Morgan fingerprint density at radius 2 is 2.10 bits per heavy atom. The van der Waals surface area contributed by atoms with E-state index in [0.717, 1.165) is 0 Å². The Morgan fingerprint density at radius 1 is 1.40 bits per heavy atom. The van der Waals surface area contributed by atoms with Crippen molar-refractivity contribution in [2.45, 2.75) is 25.8 Å². The molecular formula is C12H20N4O2S2. The van der Waals surface area contributed by atoms with Crippen LogP contribution in [-0.2, 0) is 10.0 Å². The molecule has 0 fully saturated rings. The number of thiazole rings is 1. The zero-order valence-electron chi connectivity index (χ0n) is 12.0. The molecule has 20 heavy (non-hydrogen) atoms. The number of hydrogen-bond acceptors (Lipinski definition) is 5. The van der Waals surface area contributed by atoms with Crippen LogP contribution in [-0.4, -0.2) is 31.4 Å². The van der Waals surface area contributed by atoms with Gasteiger partial charge in [0.15, 0.2) is 15.8 Å². The van der Waals surface area contributed by atoms with E-state index in [-0.39, 0.29) is 10.9 Å². The first-order valence-electron chi connectivity index (χ1n) is 6.49. The first-order valence-corrected chi connectivity index (χ1v) is 8.86. The van der Waals surface area contributed by atoms with E-state index in [1.54, 1.807) is 17.6 Å². The Kier molecular flexibility index (Phi) is 4.36. The third-order valence-electron chi connectivity index (χ3n) is 3.44. The summed E-state index contributed by atoms with van der Waals surface area (Å²) in [5.74, 6) is 1.07. The Hall–Kier alpha value is -1.12. The summed E-state index contributed by atoms with van der Waals surface area (Å²) in [6, 6.07) is 0. The third-order valence-corrected chi connectivity index (χ3v) is 5.65. The van der Waals surface area contributed by atoms with E-state index < -0.39 is 10.0 Å². The molecule has 0 aromatic carbocycles. The van der Waals surface area contributed by atoms with E-state index in [4.69, 9.17) is 0 Å². The molecule has 0 aliphatic carbocycles. The van der Waals surface area contributed by atoms with Crippen molar-refractivity contribution in [2.75, 3.05) is 18.9 Å². The molecule has 0 spiro atoms. The van der Waals surface area contributed by atoms with Crippen molar-refractivity contribution in [1.29, 1.82) is 0 Å². The van der Waals surface area contributed by atoms with Gasteiger partial charge in [-0.05, 0) is 11.8 Å². The summed E-state index contributed by atoms with van der Waals surface area (Å²) in [5.41, 5.74) is 0. The molecule has 0 amide bonds. The zero-order valence-corrected chi connectivity index (χ0v) is 13.7. The SMILES string of the molecule is CNc1nc2sccn2c1S(=O)(=O)NCC(C)C(C)C. The van der Waals surface area contributed by atoms with Crippen molar-refractivity contribution in [3.8, 4) is 0 Å². The van der Waals surface area contributed by atoms with E-state index in [1.807, 2.05) is 12.3 Å². The van der Waals surface area contributed by atoms with Crippen molar-refractivity contribution < 1.29 is 8.42 Å². The topological polar surface area (TPSA) is 75.5 Å². The van der Waals surface area contributed by atoms with Crippen molar-refractivity contribution in [3.63, 3.8) is 0 Å². The van der Waals surface area contributed by atoms with Crippen LogP contribution in [0.25, 0.3) is 4.96 Å². The molecule has 0 bridgehead atoms. The number of anilines is 1. The summed E-state index contributed by atoms with van der Waals surface area (Å²) in [5, 5.41) is 4.83. The van der Waals surface area contributed by atoms with Gasteiger partial charge < -0.3 is 5.32 Å². The molecule has 2 aromatic heterocycles. The predicted octanol–water partition coefficient (Wildman–Crippen LogP) is 2.01. The summed E-state index contributed by atoms with van der Waals surface area (Å²) < 4.78 is 29.3. The van der Waals surface area contributed by atoms with Crippen molar-refractivity contribution in [1.82, 2.24) is 14.1 Å². The molecule has 8 heteroatoms. The number of sulfonamides is 1. The first kappa shape index (κ1) is 15.3. The molecule has 6 nitrogen and oxygen atoms in total. The van der Waals surface area contributed by atoms with Crippen LogP contribution in [0, 0.1) is 11.8 Å². The third kappa shape index (κ3) is 2.82. The van der Waals surface area contributed by atoms with Crippen molar-refractivity contribution >= 4 is 32.1 Å². The molecule has 0 radical (unpaired) electrons. The molecule has 0 saturated carbocycles. The van der Waals surface area contributed by atoms with Crippen LogP contribution in [0.3, 0.4) is 0 Å². The fourth-order valence-corrected chi connectivity index (χ4v) is 3.93. The number of imidazole rings is 1.